The maximum Gasteiger partial charge on any atom is 1.00 e. The van der Waals surface area contributed by atoms with E-state index >= 15 is 0 Å². The van der Waals surface area contributed by atoms with Gasteiger partial charge in [0.25, 0.3) is 0 Å². The van der Waals surface area contributed by atoms with Crippen molar-refractivity contribution >= 4 is 0 Å². The molecule has 9 heavy (non-hydrogen) atoms. The van der Waals surface area contributed by atoms with Gasteiger partial charge in [-0.3, -0.25) is 0 Å². The molecule has 1 aliphatic rings. The molecule has 1 aliphatic carbocycles. The normalized spacial score (nSPS) is 19.2. The van der Waals surface area contributed by atoms with Gasteiger partial charge in [0.1, 0.15) is 0 Å². The molecule has 0 spiro atoms. The van der Waals surface area contributed by atoms with E-state index in [1.54, 1.807) is 0 Å². The zero-order chi connectivity index (χ0) is 5.98. The van der Waals surface area contributed by atoms with Crippen LogP contribution in [-0.4, -0.2) is 0 Å². The summed E-state index contributed by atoms with van der Waals surface area (Å²) in [6.07, 6.45) is 5.65. The van der Waals surface area contributed by atoms with Gasteiger partial charge in [-0.15, -0.1) is 0 Å². The van der Waals surface area contributed by atoms with Gasteiger partial charge >= 0.3 is 18.9 Å². The zero-order valence-electron chi connectivity index (χ0n) is 7.61. The van der Waals surface area contributed by atoms with Gasteiger partial charge < -0.3 is 1.43 Å². The van der Waals surface area contributed by atoms with Crippen LogP contribution in [0.25, 0.3) is 0 Å². The second-order valence-electron chi connectivity index (χ2n) is 2.83. The third-order valence-corrected chi connectivity index (χ3v) is 2.05. The first-order chi connectivity index (χ1) is 3.80. The van der Waals surface area contributed by atoms with Crippen LogP contribution < -0.4 is 18.9 Å². The molecule has 1 rings (SSSR count). The zero-order valence-corrected chi connectivity index (χ0v) is 6.61. The molecule has 0 aliphatic heterocycles. The summed E-state index contributed by atoms with van der Waals surface area (Å²) in [5, 5.41) is 0. The molecule has 0 heterocycles. The summed E-state index contributed by atoms with van der Waals surface area (Å²) >= 11 is 0. The minimum Gasteiger partial charge on any atom is -1.00 e. The first-order valence-corrected chi connectivity index (χ1v) is 3.46. The second-order valence-corrected chi connectivity index (χ2v) is 2.83. The molecule has 0 atom stereocenters. The Morgan fingerprint density at radius 2 is 1.89 bits per heavy atom. The van der Waals surface area contributed by atoms with Crippen molar-refractivity contribution in [2.24, 2.45) is 5.92 Å². The molecule has 48 valence electrons. The first kappa shape index (κ1) is 9.34. The molecule has 0 radical (unpaired) electrons. The Morgan fingerprint density at radius 3 is 2.11 bits per heavy atom. The topological polar surface area (TPSA) is 0 Å². The average molecular weight is 118 g/mol. The van der Waals surface area contributed by atoms with Crippen LogP contribution in [0.4, 0.5) is 0 Å². The van der Waals surface area contributed by atoms with E-state index in [1.165, 1.54) is 31.3 Å². The predicted molar refractivity (Wildman–Crippen MR) is 37.9 cm³/mol. The first-order valence-electron chi connectivity index (χ1n) is 3.46. The molecule has 0 amide bonds. The van der Waals surface area contributed by atoms with Crippen molar-refractivity contribution < 1.29 is 20.3 Å². The number of hydrogen-bond donors (Lipinski definition) is 0. The van der Waals surface area contributed by atoms with Crippen LogP contribution in [-0.2, 0) is 0 Å². The summed E-state index contributed by atoms with van der Waals surface area (Å²) in [4.78, 5) is 0. The fourth-order valence-electron chi connectivity index (χ4n) is 1.42. The fourth-order valence-corrected chi connectivity index (χ4v) is 1.42. The van der Waals surface area contributed by atoms with Crippen molar-refractivity contribution in [1.82, 2.24) is 0 Å². The Bertz CT molecular complexity index is 95.4. The van der Waals surface area contributed by atoms with Gasteiger partial charge in [0.05, 0.1) is 0 Å². The number of rotatable bonds is 1. The minimum absolute atomic E-state index is 0. The van der Waals surface area contributed by atoms with Gasteiger partial charge in [0.2, 0.25) is 0 Å². The van der Waals surface area contributed by atoms with Crippen molar-refractivity contribution in [2.45, 2.75) is 32.6 Å². The molecule has 0 N–H and O–H groups in total. The summed E-state index contributed by atoms with van der Waals surface area (Å²) < 4.78 is 0. The molecule has 0 bridgehead atoms. The van der Waals surface area contributed by atoms with Gasteiger partial charge in [0.15, 0.2) is 0 Å². The van der Waals surface area contributed by atoms with E-state index in [2.05, 4.69) is 13.5 Å². The van der Waals surface area contributed by atoms with Crippen molar-refractivity contribution in [3.63, 3.8) is 0 Å². The van der Waals surface area contributed by atoms with E-state index in [1.807, 2.05) is 0 Å². The monoisotopic (exact) mass is 118 g/mol. The van der Waals surface area contributed by atoms with Crippen molar-refractivity contribution in [2.75, 3.05) is 0 Å². The average Bonchev–Trinajstić information content (AvgIpc) is 2.12. The molecule has 1 saturated carbocycles. The third kappa shape index (κ3) is 2.61. The molecule has 0 saturated heterocycles. The summed E-state index contributed by atoms with van der Waals surface area (Å²) in [6, 6.07) is 0. The largest absolute Gasteiger partial charge is 1.00 e. The molecule has 0 aromatic heterocycles. The Kier molecular flexibility index (Phi) is 4.36. The van der Waals surface area contributed by atoms with E-state index in [0.29, 0.717) is 0 Å². The van der Waals surface area contributed by atoms with E-state index in [-0.39, 0.29) is 20.3 Å². The molecular formula is C8H15Li. The number of hydrogen-bond acceptors (Lipinski definition) is 0. The molecule has 1 fully saturated rings. The van der Waals surface area contributed by atoms with Gasteiger partial charge in [0, 0.05) is 0 Å². The Labute approximate surface area is 71.4 Å². The third-order valence-electron chi connectivity index (χ3n) is 2.05. The standard InChI is InChI=1S/C8H14.Li.H/c1-7(2)8-5-3-4-6-8;;/h8H,1,3-6H2,2H3;;/q;+1;-1. The summed E-state index contributed by atoms with van der Waals surface area (Å²) in [5.41, 5.74) is 1.39. The molecule has 0 aromatic rings. The van der Waals surface area contributed by atoms with Crippen LogP contribution >= 0.6 is 0 Å². The maximum absolute atomic E-state index is 3.94. The molecule has 0 aromatic carbocycles. The van der Waals surface area contributed by atoms with Crippen molar-refractivity contribution in [3.8, 4) is 0 Å². The Morgan fingerprint density at radius 1 is 1.44 bits per heavy atom. The minimum atomic E-state index is 0. The van der Waals surface area contributed by atoms with Crippen LogP contribution in [0, 0.1) is 5.92 Å². The molecule has 1 heteroatoms. The second kappa shape index (κ2) is 4.20. The molecule has 0 nitrogen and oxygen atoms in total. The Balaban J connectivity index is 0. The maximum atomic E-state index is 3.94. The summed E-state index contributed by atoms with van der Waals surface area (Å²) in [6.45, 7) is 6.09. The van der Waals surface area contributed by atoms with E-state index in [0.717, 1.165) is 5.92 Å². The van der Waals surface area contributed by atoms with Crippen LogP contribution in [0.15, 0.2) is 12.2 Å². The van der Waals surface area contributed by atoms with Crippen LogP contribution in [0.2, 0.25) is 0 Å². The summed E-state index contributed by atoms with van der Waals surface area (Å²) in [7, 11) is 0. The molecule has 0 unspecified atom stereocenters. The van der Waals surface area contributed by atoms with Gasteiger partial charge in [-0.25, -0.2) is 0 Å². The number of allylic oxidation sites excluding steroid dienone is 1. The Hall–Kier alpha value is 0.337. The van der Waals surface area contributed by atoms with Gasteiger partial charge in [-0.1, -0.05) is 25.0 Å². The quantitative estimate of drug-likeness (QED) is 0.332. The van der Waals surface area contributed by atoms with E-state index in [9.17, 15) is 0 Å². The smallest absolute Gasteiger partial charge is 1.00 e. The summed E-state index contributed by atoms with van der Waals surface area (Å²) in [5.74, 6) is 0.870. The van der Waals surface area contributed by atoms with Crippen molar-refractivity contribution in [3.05, 3.63) is 12.2 Å². The van der Waals surface area contributed by atoms with Crippen molar-refractivity contribution in [1.29, 1.82) is 0 Å². The van der Waals surface area contributed by atoms with Crippen LogP contribution in [0.5, 0.6) is 0 Å². The predicted octanol–water partition coefficient (Wildman–Crippen LogP) is -0.131. The SMILES string of the molecule is C=C(C)C1CCCC1.[H-].[Li+]. The van der Waals surface area contributed by atoms with Gasteiger partial charge in [-0.2, -0.15) is 0 Å². The molecular weight excluding hydrogens is 103 g/mol. The van der Waals surface area contributed by atoms with Gasteiger partial charge in [-0.05, 0) is 25.7 Å². The van der Waals surface area contributed by atoms with E-state index < -0.39 is 0 Å². The van der Waals surface area contributed by atoms with Crippen LogP contribution in [0.3, 0.4) is 0 Å². The van der Waals surface area contributed by atoms with Crippen LogP contribution in [0.1, 0.15) is 34.0 Å². The fraction of sp³-hybridized carbons (Fsp3) is 0.750. The van der Waals surface area contributed by atoms with E-state index in [4.69, 9.17) is 0 Å².